The molecule has 0 N–H and O–H groups in total. The molecule has 0 atom stereocenters. The number of hydrogen-bond donors (Lipinski definition) is 0. The normalized spacial score (nSPS) is 10.6. The highest BCUT2D eigenvalue weighted by Gasteiger charge is 2.11. The van der Waals surface area contributed by atoms with Crippen molar-refractivity contribution in [3.63, 3.8) is 0 Å². The van der Waals surface area contributed by atoms with Gasteiger partial charge >= 0.3 is 0 Å². The lowest BCUT2D eigenvalue weighted by Crippen LogP contribution is -1.97. The molecule has 3 aromatic heterocycles. The Labute approximate surface area is 109 Å². The lowest BCUT2D eigenvalue weighted by molar-refractivity contribution is 0.235. The topological polar surface area (TPSA) is 74.2 Å². The zero-order valence-corrected chi connectivity index (χ0v) is 10.2. The van der Waals surface area contributed by atoms with Crippen molar-refractivity contribution in [1.82, 2.24) is 15.1 Å². The summed E-state index contributed by atoms with van der Waals surface area (Å²) in [5.74, 6) is 1.85. The maximum atomic E-state index is 5.44. The van der Waals surface area contributed by atoms with E-state index in [-0.39, 0.29) is 6.61 Å². The van der Waals surface area contributed by atoms with E-state index in [0.717, 1.165) is 5.56 Å². The Morgan fingerprint density at radius 2 is 2.21 bits per heavy atom. The maximum absolute atomic E-state index is 5.44. The first kappa shape index (κ1) is 11.5. The molecule has 0 aliphatic heterocycles. The lowest BCUT2D eigenvalue weighted by atomic mass is 10.3. The molecule has 0 amide bonds. The summed E-state index contributed by atoms with van der Waals surface area (Å²) in [6, 6.07) is 7.23. The van der Waals surface area contributed by atoms with Gasteiger partial charge in [0.25, 0.3) is 5.89 Å². The molecule has 0 saturated carbocycles. The Hall–Kier alpha value is -2.63. The van der Waals surface area contributed by atoms with Crippen LogP contribution in [-0.2, 0) is 6.61 Å². The lowest BCUT2D eigenvalue weighted by Gasteiger charge is -2.01. The van der Waals surface area contributed by atoms with E-state index in [1.54, 1.807) is 30.7 Å². The zero-order chi connectivity index (χ0) is 13.1. The van der Waals surface area contributed by atoms with Gasteiger partial charge in [-0.1, -0.05) is 11.2 Å². The Morgan fingerprint density at radius 1 is 1.26 bits per heavy atom. The highest BCUT2D eigenvalue weighted by Crippen LogP contribution is 2.16. The van der Waals surface area contributed by atoms with Gasteiger partial charge in [0.2, 0.25) is 11.7 Å². The Bertz CT molecular complexity index is 644. The molecule has 0 aliphatic rings. The fourth-order valence-corrected chi connectivity index (χ4v) is 1.49. The van der Waals surface area contributed by atoms with Crippen molar-refractivity contribution in [2.24, 2.45) is 0 Å². The molecule has 0 saturated heterocycles. The van der Waals surface area contributed by atoms with Gasteiger partial charge in [0.1, 0.15) is 0 Å². The predicted octanol–water partition coefficient (Wildman–Crippen LogP) is 2.61. The van der Waals surface area contributed by atoms with Crippen LogP contribution in [0.15, 0.2) is 45.7 Å². The third-order valence-electron chi connectivity index (χ3n) is 2.44. The van der Waals surface area contributed by atoms with Gasteiger partial charge in [0.05, 0.1) is 6.26 Å². The summed E-state index contributed by atoms with van der Waals surface area (Å²) < 4.78 is 15.7. The second-order valence-electron chi connectivity index (χ2n) is 3.95. The van der Waals surface area contributed by atoms with Crippen molar-refractivity contribution in [2.75, 3.05) is 0 Å². The van der Waals surface area contributed by atoms with Gasteiger partial charge in [-0.2, -0.15) is 4.98 Å². The number of hydrogen-bond acceptors (Lipinski definition) is 6. The Kier molecular flexibility index (Phi) is 2.97. The first-order chi connectivity index (χ1) is 9.31. The van der Waals surface area contributed by atoms with E-state index in [9.17, 15) is 0 Å². The quantitative estimate of drug-likeness (QED) is 0.715. The molecule has 3 rings (SSSR count). The summed E-state index contributed by atoms with van der Waals surface area (Å²) in [5, 5.41) is 3.80. The molecule has 0 aliphatic carbocycles. The van der Waals surface area contributed by atoms with Crippen LogP contribution in [0.5, 0.6) is 5.88 Å². The van der Waals surface area contributed by atoms with Gasteiger partial charge in [-0.3, -0.25) is 0 Å². The minimum absolute atomic E-state index is 0.170. The van der Waals surface area contributed by atoms with Crippen molar-refractivity contribution in [3.05, 3.63) is 48.2 Å². The summed E-state index contributed by atoms with van der Waals surface area (Å²) in [6.07, 6.45) is 3.29. The fraction of sp³-hybridized carbons (Fsp3) is 0.154. The van der Waals surface area contributed by atoms with Gasteiger partial charge in [0, 0.05) is 12.3 Å². The summed E-state index contributed by atoms with van der Waals surface area (Å²) in [4.78, 5) is 8.28. The third-order valence-corrected chi connectivity index (χ3v) is 2.44. The molecule has 0 unspecified atom stereocenters. The molecule has 0 aromatic carbocycles. The van der Waals surface area contributed by atoms with Crippen LogP contribution in [0.25, 0.3) is 11.6 Å². The number of pyridine rings is 1. The average molecular weight is 257 g/mol. The molecule has 3 heterocycles. The molecule has 3 aromatic rings. The van der Waals surface area contributed by atoms with Crippen LogP contribution in [0.4, 0.5) is 0 Å². The smallest absolute Gasteiger partial charge is 0.265 e. The number of aryl methyl sites for hydroxylation is 1. The molecule has 6 nitrogen and oxygen atoms in total. The monoisotopic (exact) mass is 257 g/mol. The fourth-order valence-electron chi connectivity index (χ4n) is 1.49. The number of rotatable bonds is 4. The van der Waals surface area contributed by atoms with Crippen LogP contribution >= 0.6 is 0 Å². The SMILES string of the molecule is Cc1ccc(OCc2nc(-c3ccco3)no2)nc1. The van der Waals surface area contributed by atoms with Gasteiger partial charge < -0.3 is 13.7 Å². The van der Waals surface area contributed by atoms with E-state index in [1.807, 2.05) is 13.0 Å². The second kappa shape index (κ2) is 4.93. The van der Waals surface area contributed by atoms with Crippen LogP contribution in [-0.4, -0.2) is 15.1 Å². The number of furan rings is 1. The number of aromatic nitrogens is 3. The predicted molar refractivity (Wildman–Crippen MR) is 65.3 cm³/mol. The van der Waals surface area contributed by atoms with Gasteiger partial charge in [-0.25, -0.2) is 4.98 Å². The molecular formula is C13H11N3O3. The van der Waals surface area contributed by atoms with E-state index < -0.39 is 0 Å². The molecule has 0 fully saturated rings. The standard InChI is InChI=1S/C13H11N3O3/c1-9-4-5-11(14-7-9)18-8-12-15-13(16-19-12)10-3-2-6-17-10/h2-7H,8H2,1H3. The second-order valence-corrected chi connectivity index (χ2v) is 3.95. The minimum Gasteiger partial charge on any atom is -0.468 e. The van der Waals surface area contributed by atoms with E-state index in [1.165, 1.54) is 0 Å². The largest absolute Gasteiger partial charge is 0.468 e. The zero-order valence-electron chi connectivity index (χ0n) is 10.2. The highest BCUT2D eigenvalue weighted by atomic mass is 16.5. The summed E-state index contributed by atoms with van der Waals surface area (Å²) in [5.41, 5.74) is 1.07. The first-order valence-electron chi connectivity index (χ1n) is 5.73. The van der Waals surface area contributed by atoms with Gasteiger partial charge in [-0.05, 0) is 24.6 Å². The van der Waals surface area contributed by atoms with Crippen LogP contribution in [0.2, 0.25) is 0 Å². The van der Waals surface area contributed by atoms with Crippen LogP contribution in [0.1, 0.15) is 11.5 Å². The van der Waals surface area contributed by atoms with Gasteiger partial charge in [-0.15, -0.1) is 0 Å². The van der Waals surface area contributed by atoms with Crippen molar-refractivity contribution >= 4 is 0 Å². The van der Waals surface area contributed by atoms with Crippen molar-refractivity contribution in [2.45, 2.75) is 13.5 Å². The summed E-state index contributed by atoms with van der Waals surface area (Å²) in [6.45, 7) is 2.13. The Morgan fingerprint density at radius 3 is 2.95 bits per heavy atom. The molecule has 0 bridgehead atoms. The van der Waals surface area contributed by atoms with Crippen LogP contribution < -0.4 is 4.74 Å². The highest BCUT2D eigenvalue weighted by molar-refractivity contribution is 5.44. The van der Waals surface area contributed by atoms with Crippen LogP contribution in [0.3, 0.4) is 0 Å². The van der Waals surface area contributed by atoms with E-state index >= 15 is 0 Å². The number of nitrogens with zero attached hydrogens (tertiary/aromatic N) is 3. The maximum Gasteiger partial charge on any atom is 0.265 e. The molecule has 6 heteroatoms. The molecule has 96 valence electrons. The van der Waals surface area contributed by atoms with Crippen molar-refractivity contribution in [3.8, 4) is 17.5 Å². The van der Waals surface area contributed by atoms with E-state index in [2.05, 4.69) is 15.1 Å². The van der Waals surface area contributed by atoms with Crippen molar-refractivity contribution in [1.29, 1.82) is 0 Å². The average Bonchev–Trinajstić information content (AvgIpc) is 3.09. The first-order valence-corrected chi connectivity index (χ1v) is 5.73. The van der Waals surface area contributed by atoms with E-state index in [0.29, 0.717) is 23.4 Å². The van der Waals surface area contributed by atoms with Crippen LogP contribution in [0, 0.1) is 6.92 Å². The van der Waals surface area contributed by atoms with Crippen molar-refractivity contribution < 1.29 is 13.7 Å². The molecule has 0 radical (unpaired) electrons. The molecule has 0 spiro atoms. The minimum atomic E-state index is 0.170. The Balaban J connectivity index is 1.66. The third kappa shape index (κ3) is 2.62. The molecular weight excluding hydrogens is 246 g/mol. The summed E-state index contributed by atoms with van der Waals surface area (Å²) >= 11 is 0. The number of ether oxygens (including phenoxy) is 1. The molecule has 19 heavy (non-hydrogen) atoms. The van der Waals surface area contributed by atoms with Gasteiger partial charge in [0.15, 0.2) is 12.4 Å². The van der Waals surface area contributed by atoms with E-state index in [4.69, 9.17) is 13.7 Å². The summed E-state index contributed by atoms with van der Waals surface area (Å²) in [7, 11) is 0.